The van der Waals surface area contributed by atoms with Crippen LogP contribution in [-0.4, -0.2) is 28.7 Å². The molecule has 1 atom stereocenters. The Labute approximate surface area is 196 Å². The zero-order chi connectivity index (χ0) is 23.5. The molecule has 0 aliphatic carbocycles. The van der Waals surface area contributed by atoms with Gasteiger partial charge in [-0.2, -0.15) is 0 Å². The number of halogens is 1. The summed E-state index contributed by atoms with van der Waals surface area (Å²) in [4.78, 5) is 50.7. The molecule has 8 nitrogen and oxygen atoms in total. The molecule has 0 spiro atoms. The smallest absolute Gasteiger partial charge is 0.319 e. The maximum absolute atomic E-state index is 12.9. The first kappa shape index (κ1) is 22.8. The zero-order valence-corrected chi connectivity index (χ0v) is 19.0. The maximum Gasteiger partial charge on any atom is 0.319 e. The highest BCUT2D eigenvalue weighted by Crippen LogP contribution is 2.28. The third-order valence-electron chi connectivity index (χ3n) is 5.99. The first-order chi connectivity index (χ1) is 15.8. The normalized spacial score (nSPS) is 17.8. The third-order valence-corrected chi connectivity index (χ3v) is 6.31. The van der Waals surface area contributed by atoms with Crippen molar-refractivity contribution in [2.24, 2.45) is 5.92 Å². The molecule has 3 N–H and O–H groups in total. The van der Waals surface area contributed by atoms with Gasteiger partial charge in [-0.3, -0.25) is 19.7 Å². The van der Waals surface area contributed by atoms with E-state index in [1.165, 1.54) is 0 Å². The van der Waals surface area contributed by atoms with Crippen LogP contribution in [0.5, 0.6) is 0 Å². The van der Waals surface area contributed by atoms with Gasteiger partial charge in [0.2, 0.25) is 17.7 Å². The number of anilines is 1. The van der Waals surface area contributed by atoms with E-state index in [1.807, 2.05) is 37.3 Å². The highest BCUT2D eigenvalue weighted by molar-refractivity contribution is 6.33. The fraction of sp³-hybridized carbons (Fsp3) is 0.333. The van der Waals surface area contributed by atoms with E-state index in [-0.39, 0.29) is 24.3 Å². The van der Waals surface area contributed by atoms with E-state index in [4.69, 9.17) is 11.6 Å². The second kappa shape index (κ2) is 9.62. The van der Waals surface area contributed by atoms with Crippen molar-refractivity contribution in [3.05, 3.63) is 63.7 Å². The van der Waals surface area contributed by atoms with Crippen molar-refractivity contribution < 1.29 is 19.2 Å². The largest absolute Gasteiger partial charge is 0.334 e. The van der Waals surface area contributed by atoms with Crippen molar-refractivity contribution >= 4 is 41.0 Å². The van der Waals surface area contributed by atoms with Gasteiger partial charge in [0.05, 0.1) is 10.7 Å². The summed E-state index contributed by atoms with van der Waals surface area (Å²) in [5.41, 5.74) is 4.33. The van der Waals surface area contributed by atoms with Gasteiger partial charge < -0.3 is 15.5 Å². The van der Waals surface area contributed by atoms with Crippen LogP contribution in [0.4, 0.5) is 10.5 Å². The summed E-state index contributed by atoms with van der Waals surface area (Å²) in [6, 6.07) is 10.8. The van der Waals surface area contributed by atoms with Gasteiger partial charge in [0, 0.05) is 26.1 Å². The first-order valence-electron chi connectivity index (χ1n) is 10.8. The van der Waals surface area contributed by atoms with Gasteiger partial charge in [-0.05, 0) is 48.1 Å². The number of carbonyl (C=O) groups excluding carboxylic acids is 4. The second-order valence-corrected chi connectivity index (χ2v) is 8.80. The average Bonchev–Trinajstić information content (AvgIpc) is 3.13. The monoisotopic (exact) mass is 468 g/mol. The van der Waals surface area contributed by atoms with Crippen LogP contribution >= 0.6 is 11.6 Å². The molecule has 0 saturated carbocycles. The topological polar surface area (TPSA) is 108 Å². The second-order valence-electron chi connectivity index (χ2n) is 8.39. The van der Waals surface area contributed by atoms with Crippen molar-refractivity contribution in [2.75, 3.05) is 5.32 Å². The third kappa shape index (κ3) is 5.17. The summed E-state index contributed by atoms with van der Waals surface area (Å²) in [6.45, 7) is 2.99. The van der Waals surface area contributed by atoms with Gasteiger partial charge in [0.1, 0.15) is 5.92 Å². The van der Waals surface area contributed by atoms with Gasteiger partial charge in [-0.15, -0.1) is 0 Å². The molecule has 1 saturated heterocycles. The Morgan fingerprint density at radius 2 is 1.94 bits per heavy atom. The minimum atomic E-state index is -0.830. The van der Waals surface area contributed by atoms with Crippen LogP contribution < -0.4 is 16.0 Å². The Morgan fingerprint density at radius 3 is 2.73 bits per heavy atom. The minimum Gasteiger partial charge on any atom is -0.334 e. The minimum absolute atomic E-state index is 0.257. The summed E-state index contributed by atoms with van der Waals surface area (Å²) in [5.74, 6) is -1.93. The van der Waals surface area contributed by atoms with Crippen LogP contribution in [0.1, 0.15) is 41.5 Å². The molecule has 1 fully saturated rings. The summed E-state index contributed by atoms with van der Waals surface area (Å²) in [7, 11) is 0. The number of benzene rings is 2. The number of nitrogens with one attached hydrogen (secondary N) is 3. The fourth-order valence-corrected chi connectivity index (χ4v) is 4.45. The van der Waals surface area contributed by atoms with E-state index in [0.29, 0.717) is 43.2 Å². The van der Waals surface area contributed by atoms with Gasteiger partial charge in [0.15, 0.2) is 0 Å². The molecule has 0 unspecified atom stereocenters. The predicted molar refractivity (Wildman–Crippen MR) is 123 cm³/mol. The molecule has 0 bridgehead atoms. The van der Waals surface area contributed by atoms with Gasteiger partial charge in [-0.25, -0.2) is 4.79 Å². The van der Waals surface area contributed by atoms with Crippen LogP contribution in [0, 0.1) is 12.8 Å². The number of amides is 5. The highest BCUT2D eigenvalue weighted by Gasteiger charge is 2.35. The molecule has 33 heavy (non-hydrogen) atoms. The van der Waals surface area contributed by atoms with Crippen molar-refractivity contribution in [2.45, 2.75) is 45.8 Å². The summed E-state index contributed by atoms with van der Waals surface area (Å²) in [5, 5.41) is 8.37. The number of nitrogens with zero attached hydrogens (tertiary/aromatic N) is 1. The molecule has 0 radical (unpaired) electrons. The number of imide groups is 1. The van der Waals surface area contributed by atoms with Crippen LogP contribution in [0.2, 0.25) is 5.02 Å². The van der Waals surface area contributed by atoms with Crippen LogP contribution in [-0.2, 0) is 34.0 Å². The fourth-order valence-electron chi connectivity index (χ4n) is 4.18. The lowest BCUT2D eigenvalue weighted by Gasteiger charge is -2.20. The lowest BCUT2D eigenvalue weighted by atomic mass is 10.0. The molecule has 2 aliphatic rings. The lowest BCUT2D eigenvalue weighted by Crippen LogP contribution is -2.42. The van der Waals surface area contributed by atoms with Crippen molar-refractivity contribution in [3.8, 4) is 0 Å². The van der Waals surface area contributed by atoms with Gasteiger partial charge in [0.25, 0.3) is 0 Å². The van der Waals surface area contributed by atoms with Gasteiger partial charge >= 0.3 is 6.03 Å². The Bertz CT molecular complexity index is 1110. The number of para-hydroxylation sites is 1. The Hall–Kier alpha value is -3.39. The van der Waals surface area contributed by atoms with E-state index in [1.54, 1.807) is 11.0 Å². The highest BCUT2D eigenvalue weighted by atomic mass is 35.5. The SMILES string of the molecule is Cc1cccc(Cl)c1NC(=O)NCc1ccc2c(c1)CN(C(=O)[C@H]1CCCC(=O)NC1=O)C2. The van der Waals surface area contributed by atoms with E-state index < -0.39 is 11.8 Å². The molecule has 2 aliphatic heterocycles. The van der Waals surface area contributed by atoms with Crippen molar-refractivity contribution in [3.63, 3.8) is 0 Å². The number of urea groups is 1. The molecule has 0 aromatic heterocycles. The number of hydrogen-bond donors (Lipinski definition) is 3. The number of hydrogen-bond acceptors (Lipinski definition) is 4. The Balaban J connectivity index is 1.35. The number of rotatable bonds is 4. The summed E-state index contributed by atoms with van der Waals surface area (Å²) in [6.07, 6.45) is 1.15. The quantitative estimate of drug-likeness (QED) is 0.472. The molecule has 9 heteroatoms. The molecule has 2 heterocycles. The van der Waals surface area contributed by atoms with E-state index in [2.05, 4.69) is 16.0 Å². The maximum atomic E-state index is 12.9. The van der Waals surface area contributed by atoms with E-state index in [0.717, 1.165) is 22.3 Å². The van der Waals surface area contributed by atoms with E-state index in [9.17, 15) is 19.2 Å². The molecule has 5 amide bonds. The van der Waals surface area contributed by atoms with Crippen molar-refractivity contribution in [1.82, 2.24) is 15.5 Å². The predicted octanol–water partition coefficient (Wildman–Crippen LogP) is 3.26. The molecular formula is C24H25ClN4O4. The van der Waals surface area contributed by atoms with Crippen molar-refractivity contribution in [1.29, 1.82) is 0 Å². The molecule has 2 aromatic rings. The van der Waals surface area contributed by atoms with Crippen LogP contribution in [0.3, 0.4) is 0 Å². The van der Waals surface area contributed by atoms with Gasteiger partial charge in [-0.1, -0.05) is 41.9 Å². The summed E-state index contributed by atoms with van der Waals surface area (Å²) >= 11 is 6.16. The molecule has 172 valence electrons. The first-order valence-corrected chi connectivity index (χ1v) is 11.2. The number of carbonyl (C=O) groups is 4. The number of fused-ring (bicyclic) bond motifs is 1. The summed E-state index contributed by atoms with van der Waals surface area (Å²) < 4.78 is 0. The Morgan fingerprint density at radius 1 is 1.15 bits per heavy atom. The molecule has 4 rings (SSSR count). The van der Waals surface area contributed by atoms with E-state index >= 15 is 0 Å². The van der Waals surface area contributed by atoms with Crippen LogP contribution in [0.15, 0.2) is 36.4 Å². The lowest BCUT2D eigenvalue weighted by molar-refractivity contribution is -0.143. The standard InChI is InChI=1S/C24H25ClN4O4/c1-14-4-2-6-19(25)21(14)28-24(33)26-11-15-8-9-16-12-29(13-17(16)10-15)23(32)18-5-3-7-20(30)27-22(18)31/h2,4,6,8-10,18H,3,5,7,11-13H2,1H3,(H2,26,28,33)(H,27,30,31)/t18-/m0/s1. The zero-order valence-electron chi connectivity index (χ0n) is 18.2. The number of aryl methyl sites for hydroxylation is 1. The molecule has 2 aromatic carbocycles. The average molecular weight is 469 g/mol. The molecular weight excluding hydrogens is 444 g/mol. The Kier molecular flexibility index (Phi) is 6.65. The van der Waals surface area contributed by atoms with Crippen LogP contribution in [0.25, 0.3) is 0 Å².